The van der Waals surface area contributed by atoms with Crippen LogP contribution >= 0.6 is 15.9 Å². The summed E-state index contributed by atoms with van der Waals surface area (Å²) in [6.07, 6.45) is 0. The number of rotatable bonds is 2. The second-order valence-corrected chi connectivity index (χ2v) is 5.80. The molecule has 2 N–H and O–H groups in total. The van der Waals surface area contributed by atoms with Crippen LogP contribution in [0.5, 0.6) is 0 Å². The number of hydrogen-bond donors (Lipinski definition) is 1. The fourth-order valence-corrected chi connectivity index (χ4v) is 1.98. The molecule has 0 amide bonds. The van der Waals surface area contributed by atoms with Gasteiger partial charge >= 0.3 is 0 Å². The van der Waals surface area contributed by atoms with Crippen molar-refractivity contribution >= 4 is 15.9 Å². The van der Waals surface area contributed by atoms with Crippen LogP contribution in [0, 0.1) is 11.2 Å². The molecule has 16 heavy (non-hydrogen) atoms. The fourth-order valence-electron chi connectivity index (χ4n) is 1.62. The molecule has 1 rings (SSSR count). The van der Waals surface area contributed by atoms with Gasteiger partial charge in [0.05, 0.1) is 0 Å². The molecule has 0 radical (unpaired) electrons. The van der Waals surface area contributed by atoms with Crippen LogP contribution in [0.4, 0.5) is 8.78 Å². The third kappa shape index (κ3) is 2.28. The van der Waals surface area contributed by atoms with E-state index in [1.807, 2.05) is 0 Å². The largest absolute Gasteiger partial charge is 0.327 e. The molecule has 1 unspecified atom stereocenters. The van der Waals surface area contributed by atoms with Gasteiger partial charge in [-0.3, -0.25) is 0 Å². The molecule has 0 fully saturated rings. The first-order chi connectivity index (χ1) is 7.22. The van der Waals surface area contributed by atoms with Crippen LogP contribution in [-0.4, -0.2) is 6.54 Å². The van der Waals surface area contributed by atoms with Crippen LogP contribution in [0.2, 0.25) is 0 Å². The maximum absolute atomic E-state index is 14.8. The first-order valence-corrected chi connectivity index (χ1v) is 5.86. The van der Waals surface area contributed by atoms with Crippen LogP contribution in [0.3, 0.4) is 0 Å². The smallest absolute Gasteiger partial charge is 0.155 e. The Balaban J connectivity index is 3.39. The van der Waals surface area contributed by atoms with E-state index in [4.69, 9.17) is 5.73 Å². The maximum atomic E-state index is 14.8. The summed E-state index contributed by atoms with van der Waals surface area (Å²) < 4.78 is 29.1. The van der Waals surface area contributed by atoms with E-state index in [0.717, 1.165) is 0 Å². The predicted octanol–water partition coefficient (Wildman–Crippen LogP) is 3.76. The summed E-state index contributed by atoms with van der Waals surface area (Å²) in [5.41, 5.74) is 2.86. The van der Waals surface area contributed by atoms with Gasteiger partial charge in [0.1, 0.15) is 5.82 Å². The van der Waals surface area contributed by atoms with Gasteiger partial charge in [-0.15, -0.1) is 0 Å². The minimum atomic E-state index is -1.87. The quantitative estimate of drug-likeness (QED) is 0.882. The fraction of sp³-hybridized carbons (Fsp3) is 0.500. The van der Waals surface area contributed by atoms with Crippen molar-refractivity contribution in [2.45, 2.75) is 26.4 Å². The molecule has 1 atom stereocenters. The Morgan fingerprint density at radius 3 is 2.31 bits per heavy atom. The maximum Gasteiger partial charge on any atom is 0.155 e. The second-order valence-electron chi connectivity index (χ2n) is 4.88. The van der Waals surface area contributed by atoms with Crippen LogP contribution in [-0.2, 0) is 5.67 Å². The summed E-state index contributed by atoms with van der Waals surface area (Å²) in [5.74, 6) is -0.564. The van der Waals surface area contributed by atoms with Gasteiger partial charge in [-0.05, 0) is 18.2 Å². The van der Waals surface area contributed by atoms with Crippen LogP contribution in [0.1, 0.15) is 26.3 Å². The van der Waals surface area contributed by atoms with Crippen LogP contribution in [0.15, 0.2) is 22.7 Å². The van der Waals surface area contributed by atoms with Gasteiger partial charge in [0, 0.05) is 22.0 Å². The Morgan fingerprint density at radius 2 is 1.88 bits per heavy atom. The van der Waals surface area contributed by atoms with E-state index in [1.165, 1.54) is 12.1 Å². The van der Waals surface area contributed by atoms with Crippen molar-refractivity contribution in [2.75, 3.05) is 6.54 Å². The highest BCUT2D eigenvalue weighted by Gasteiger charge is 2.44. The van der Waals surface area contributed by atoms with Gasteiger partial charge in [0.25, 0.3) is 0 Å². The normalized spacial score (nSPS) is 15.9. The molecule has 1 aromatic rings. The van der Waals surface area contributed by atoms with Crippen molar-refractivity contribution < 1.29 is 8.78 Å². The van der Waals surface area contributed by atoms with Gasteiger partial charge in [0.2, 0.25) is 0 Å². The van der Waals surface area contributed by atoms with E-state index < -0.39 is 16.9 Å². The molecule has 0 aliphatic carbocycles. The zero-order valence-electron chi connectivity index (χ0n) is 9.65. The number of hydrogen-bond acceptors (Lipinski definition) is 1. The minimum Gasteiger partial charge on any atom is -0.327 e. The lowest BCUT2D eigenvalue weighted by Gasteiger charge is -2.37. The summed E-state index contributed by atoms with van der Waals surface area (Å²) >= 11 is 3.21. The monoisotopic (exact) mass is 291 g/mol. The third-order valence-corrected chi connectivity index (χ3v) is 3.32. The summed E-state index contributed by atoms with van der Waals surface area (Å²) in [5, 5.41) is 0. The summed E-state index contributed by atoms with van der Waals surface area (Å²) in [6, 6.07) is 4.24. The van der Waals surface area contributed by atoms with Crippen molar-refractivity contribution in [3.05, 3.63) is 34.1 Å². The van der Waals surface area contributed by atoms with Gasteiger partial charge in [-0.2, -0.15) is 0 Å². The van der Waals surface area contributed by atoms with E-state index >= 15 is 0 Å². The molecular formula is C12H16BrF2N. The highest BCUT2D eigenvalue weighted by molar-refractivity contribution is 9.10. The Bertz CT molecular complexity index is 387. The predicted molar refractivity (Wildman–Crippen MR) is 65.4 cm³/mol. The van der Waals surface area contributed by atoms with Crippen molar-refractivity contribution in [3.8, 4) is 0 Å². The third-order valence-electron chi connectivity index (χ3n) is 2.83. The Hall–Kier alpha value is -0.480. The van der Waals surface area contributed by atoms with E-state index in [1.54, 1.807) is 26.8 Å². The highest BCUT2D eigenvalue weighted by atomic mass is 79.9. The summed E-state index contributed by atoms with van der Waals surface area (Å²) in [7, 11) is 0. The molecule has 0 aliphatic rings. The van der Waals surface area contributed by atoms with E-state index in [-0.39, 0.29) is 12.1 Å². The number of alkyl halides is 1. The van der Waals surface area contributed by atoms with Crippen molar-refractivity contribution in [2.24, 2.45) is 11.1 Å². The Morgan fingerprint density at radius 1 is 1.31 bits per heavy atom. The lowest BCUT2D eigenvalue weighted by Crippen LogP contribution is -2.43. The second kappa shape index (κ2) is 4.41. The molecule has 0 heterocycles. The Labute approximate surface area is 103 Å². The van der Waals surface area contributed by atoms with E-state index in [0.29, 0.717) is 4.47 Å². The molecule has 4 heteroatoms. The average Bonchev–Trinajstić information content (AvgIpc) is 2.19. The molecule has 0 aromatic heterocycles. The van der Waals surface area contributed by atoms with Crippen molar-refractivity contribution in [1.82, 2.24) is 0 Å². The SMILES string of the molecule is CC(C)(C)C(F)(CN)c1cc(Br)ccc1F. The molecule has 0 spiro atoms. The standard InChI is InChI=1S/C12H16BrF2N/c1-11(2,3)12(15,7-16)9-6-8(13)4-5-10(9)14/h4-6H,7,16H2,1-3H3. The first-order valence-electron chi connectivity index (χ1n) is 5.07. The number of benzene rings is 1. The molecule has 0 saturated carbocycles. The van der Waals surface area contributed by atoms with Gasteiger partial charge < -0.3 is 5.73 Å². The topological polar surface area (TPSA) is 26.0 Å². The molecular weight excluding hydrogens is 276 g/mol. The number of nitrogens with two attached hydrogens (primary N) is 1. The minimum absolute atomic E-state index is 0.0110. The molecule has 90 valence electrons. The molecule has 0 saturated heterocycles. The lowest BCUT2D eigenvalue weighted by atomic mass is 9.73. The van der Waals surface area contributed by atoms with E-state index in [2.05, 4.69) is 15.9 Å². The first kappa shape index (κ1) is 13.6. The molecule has 0 bridgehead atoms. The zero-order chi connectivity index (χ0) is 12.6. The van der Waals surface area contributed by atoms with E-state index in [9.17, 15) is 8.78 Å². The summed E-state index contributed by atoms with van der Waals surface area (Å²) in [4.78, 5) is 0. The van der Waals surface area contributed by atoms with Crippen molar-refractivity contribution in [1.29, 1.82) is 0 Å². The van der Waals surface area contributed by atoms with Gasteiger partial charge in [-0.1, -0.05) is 36.7 Å². The molecule has 1 aromatic carbocycles. The highest BCUT2D eigenvalue weighted by Crippen LogP contribution is 2.43. The van der Waals surface area contributed by atoms with Gasteiger partial charge in [-0.25, -0.2) is 8.78 Å². The average molecular weight is 292 g/mol. The van der Waals surface area contributed by atoms with Crippen LogP contribution < -0.4 is 5.73 Å². The summed E-state index contributed by atoms with van der Waals surface area (Å²) in [6.45, 7) is 4.88. The Kier molecular flexibility index (Phi) is 3.75. The van der Waals surface area contributed by atoms with Gasteiger partial charge in [0.15, 0.2) is 5.67 Å². The molecule has 1 nitrogen and oxygen atoms in total. The number of halogens is 3. The van der Waals surface area contributed by atoms with Crippen LogP contribution in [0.25, 0.3) is 0 Å². The van der Waals surface area contributed by atoms with Crippen molar-refractivity contribution in [3.63, 3.8) is 0 Å². The lowest BCUT2D eigenvalue weighted by molar-refractivity contribution is 0.0307. The zero-order valence-corrected chi connectivity index (χ0v) is 11.2. The molecule has 0 aliphatic heterocycles.